The van der Waals surface area contributed by atoms with E-state index in [1.807, 2.05) is 6.92 Å². The Kier molecular flexibility index (Phi) is 6.32. The van der Waals surface area contributed by atoms with Gasteiger partial charge in [0.15, 0.2) is 0 Å². The number of aryl methyl sites for hydroxylation is 1. The maximum Gasteiger partial charge on any atom is 0.240 e. The van der Waals surface area contributed by atoms with E-state index in [1.165, 1.54) is 17.7 Å². The average Bonchev–Trinajstić information content (AvgIpc) is 2.64. The predicted molar refractivity (Wildman–Crippen MR) is 103 cm³/mol. The van der Waals surface area contributed by atoms with E-state index in [4.69, 9.17) is 16.3 Å². The van der Waals surface area contributed by atoms with E-state index in [0.29, 0.717) is 24.8 Å². The lowest BCUT2D eigenvalue weighted by atomic mass is 10.0. The molecule has 26 heavy (non-hydrogen) atoms. The normalized spacial score (nSPS) is 17.2. The van der Waals surface area contributed by atoms with Crippen LogP contribution < -0.4 is 4.72 Å². The molecule has 1 fully saturated rings. The van der Waals surface area contributed by atoms with Crippen LogP contribution in [0.1, 0.15) is 17.2 Å². The Morgan fingerprint density at radius 2 is 1.69 bits per heavy atom. The van der Waals surface area contributed by atoms with Crippen LogP contribution in [0.2, 0.25) is 5.02 Å². The molecule has 0 saturated carbocycles. The number of ether oxygens (including phenoxy) is 1. The van der Waals surface area contributed by atoms with Crippen molar-refractivity contribution in [3.8, 4) is 0 Å². The molecule has 0 bridgehead atoms. The number of sulfonamides is 1. The Morgan fingerprint density at radius 1 is 1.08 bits per heavy atom. The zero-order valence-electron chi connectivity index (χ0n) is 14.7. The van der Waals surface area contributed by atoms with Gasteiger partial charge in [-0.05, 0) is 36.8 Å². The summed E-state index contributed by atoms with van der Waals surface area (Å²) < 4.78 is 33.4. The predicted octanol–water partition coefficient (Wildman–Crippen LogP) is 3.00. The molecule has 1 saturated heterocycles. The molecule has 0 spiro atoms. The van der Waals surface area contributed by atoms with Gasteiger partial charge in [-0.25, -0.2) is 13.1 Å². The number of rotatable bonds is 6. The van der Waals surface area contributed by atoms with Crippen molar-refractivity contribution in [2.75, 3.05) is 32.8 Å². The maximum atomic E-state index is 12.6. The van der Waals surface area contributed by atoms with Gasteiger partial charge in [-0.1, -0.05) is 41.4 Å². The van der Waals surface area contributed by atoms with Crippen LogP contribution in [0.4, 0.5) is 0 Å². The van der Waals surface area contributed by atoms with Gasteiger partial charge < -0.3 is 4.74 Å². The van der Waals surface area contributed by atoms with Crippen molar-refractivity contribution >= 4 is 21.6 Å². The molecule has 0 aliphatic carbocycles. The van der Waals surface area contributed by atoms with E-state index in [1.54, 1.807) is 12.1 Å². The first-order chi connectivity index (χ1) is 12.5. The van der Waals surface area contributed by atoms with Crippen LogP contribution in [0, 0.1) is 6.92 Å². The Labute approximate surface area is 160 Å². The molecule has 3 rings (SSSR count). The zero-order chi connectivity index (χ0) is 18.6. The van der Waals surface area contributed by atoms with Crippen LogP contribution in [0.15, 0.2) is 53.4 Å². The van der Waals surface area contributed by atoms with Gasteiger partial charge in [0.1, 0.15) is 0 Å². The smallest absolute Gasteiger partial charge is 0.240 e. The highest BCUT2D eigenvalue weighted by molar-refractivity contribution is 7.89. The number of halogens is 1. The van der Waals surface area contributed by atoms with E-state index in [9.17, 15) is 8.42 Å². The van der Waals surface area contributed by atoms with Gasteiger partial charge in [-0.3, -0.25) is 4.90 Å². The Morgan fingerprint density at radius 3 is 2.31 bits per heavy atom. The Hall–Kier alpha value is -1.44. The van der Waals surface area contributed by atoms with Crippen LogP contribution in [0.3, 0.4) is 0 Å². The van der Waals surface area contributed by atoms with Crippen LogP contribution in [-0.4, -0.2) is 46.2 Å². The molecule has 140 valence electrons. The van der Waals surface area contributed by atoms with Gasteiger partial charge >= 0.3 is 0 Å². The highest BCUT2D eigenvalue weighted by Gasteiger charge is 2.25. The van der Waals surface area contributed by atoms with Crippen LogP contribution >= 0.6 is 11.6 Å². The number of nitrogens with one attached hydrogen (secondary N) is 1. The summed E-state index contributed by atoms with van der Waals surface area (Å²) in [6.07, 6.45) is 0. The van der Waals surface area contributed by atoms with Crippen molar-refractivity contribution in [1.29, 1.82) is 0 Å². The number of hydrogen-bond donors (Lipinski definition) is 1. The first-order valence-electron chi connectivity index (χ1n) is 8.59. The molecule has 1 aliphatic rings. The molecule has 1 heterocycles. The molecule has 1 N–H and O–H groups in total. The minimum atomic E-state index is -3.59. The van der Waals surface area contributed by atoms with Crippen molar-refractivity contribution in [3.63, 3.8) is 0 Å². The fraction of sp³-hybridized carbons (Fsp3) is 0.368. The van der Waals surface area contributed by atoms with Crippen LogP contribution in [0.5, 0.6) is 0 Å². The van der Waals surface area contributed by atoms with Crippen LogP contribution in [-0.2, 0) is 14.8 Å². The van der Waals surface area contributed by atoms with Gasteiger partial charge in [-0.15, -0.1) is 0 Å². The summed E-state index contributed by atoms with van der Waals surface area (Å²) >= 11 is 5.85. The van der Waals surface area contributed by atoms with Gasteiger partial charge in [0.2, 0.25) is 10.0 Å². The standard InChI is InChI=1S/C19H23ClN2O3S/c1-15-2-4-16(5-3-15)19(22-10-12-25-13-11-22)14-21-26(23,24)18-8-6-17(20)7-9-18/h2-9,19,21H,10-14H2,1H3/t19-/m0/s1. The van der Waals surface area contributed by atoms with Crippen molar-refractivity contribution in [1.82, 2.24) is 9.62 Å². The van der Waals surface area contributed by atoms with Crippen molar-refractivity contribution in [2.45, 2.75) is 17.9 Å². The highest BCUT2D eigenvalue weighted by Crippen LogP contribution is 2.23. The lowest BCUT2D eigenvalue weighted by Gasteiger charge is -2.35. The molecule has 0 aromatic heterocycles. The average molecular weight is 395 g/mol. The second-order valence-electron chi connectivity index (χ2n) is 6.38. The van der Waals surface area contributed by atoms with E-state index in [0.717, 1.165) is 18.7 Å². The van der Waals surface area contributed by atoms with Gasteiger partial charge in [-0.2, -0.15) is 0 Å². The van der Waals surface area contributed by atoms with E-state index >= 15 is 0 Å². The SMILES string of the molecule is Cc1ccc([C@H](CNS(=O)(=O)c2ccc(Cl)cc2)N2CCOCC2)cc1. The Balaban J connectivity index is 1.78. The number of benzene rings is 2. The molecule has 1 atom stereocenters. The van der Waals surface area contributed by atoms with Crippen molar-refractivity contribution in [2.24, 2.45) is 0 Å². The fourth-order valence-corrected chi connectivity index (χ4v) is 4.19. The molecule has 2 aromatic rings. The summed E-state index contributed by atoms with van der Waals surface area (Å²) in [6.45, 7) is 5.21. The lowest BCUT2D eigenvalue weighted by molar-refractivity contribution is 0.0172. The summed E-state index contributed by atoms with van der Waals surface area (Å²) in [4.78, 5) is 2.48. The third-order valence-electron chi connectivity index (χ3n) is 4.54. The molecular formula is C19H23ClN2O3S. The topological polar surface area (TPSA) is 58.6 Å². The third-order valence-corrected chi connectivity index (χ3v) is 6.23. The largest absolute Gasteiger partial charge is 0.379 e. The summed E-state index contributed by atoms with van der Waals surface area (Å²) in [5.74, 6) is 0. The summed E-state index contributed by atoms with van der Waals surface area (Å²) in [6, 6.07) is 14.4. The third kappa shape index (κ3) is 4.84. The molecule has 1 aliphatic heterocycles. The molecule has 5 nitrogen and oxygen atoms in total. The summed E-state index contributed by atoms with van der Waals surface area (Å²) in [5, 5.41) is 0.509. The first-order valence-corrected chi connectivity index (χ1v) is 10.5. The van der Waals surface area contributed by atoms with E-state index in [2.05, 4.69) is 33.9 Å². The minimum absolute atomic E-state index is 0.0402. The second-order valence-corrected chi connectivity index (χ2v) is 8.58. The highest BCUT2D eigenvalue weighted by atomic mass is 35.5. The maximum absolute atomic E-state index is 12.6. The van der Waals surface area contributed by atoms with E-state index < -0.39 is 10.0 Å². The van der Waals surface area contributed by atoms with Gasteiger partial charge in [0.05, 0.1) is 18.1 Å². The Bertz CT molecular complexity index is 817. The van der Waals surface area contributed by atoms with Crippen molar-refractivity contribution in [3.05, 3.63) is 64.7 Å². The summed E-state index contributed by atoms with van der Waals surface area (Å²) in [5.41, 5.74) is 2.27. The quantitative estimate of drug-likeness (QED) is 0.818. The summed E-state index contributed by atoms with van der Waals surface area (Å²) in [7, 11) is -3.59. The number of morpholine rings is 1. The van der Waals surface area contributed by atoms with Crippen molar-refractivity contribution < 1.29 is 13.2 Å². The van der Waals surface area contributed by atoms with Crippen LogP contribution in [0.25, 0.3) is 0 Å². The number of hydrogen-bond acceptors (Lipinski definition) is 4. The molecule has 0 unspecified atom stereocenters. The molecular weight excluding hydrogens is 372 g/mol. The lowest BCUT2D eigenvalue weighted by Crippen LogP contribution is -2.43. The molecule has 2 aromatic carbocycles. The molecule has 0 amide bonds. The monoisotopic (exact) mass is 394 g/mol. The number of nitrogens with zero attached hydrogens (tertiary/aromatic N) is 1. The molecule has 0 radical (unpaired) electrons. The first kappa shape index (κ1) is 19.3. The fourth-order valence-electron chi connectivity index (χ4n) is 3.02. The van der Waals surface area contributed by atoms with Gasteiger partial charge in [0, 0.05) is 30.7 Å². The zero-order valence-corrected chi connectivity index (χ0v) is 16.3. The second kappa shape index (κ2) is 8.50. The van der Waals surface area contributed by atoms with E-state index in [-0.39, 0.29) is 10.9 Å². The minimum Gasteiger partial charge on any atom is -0.379 e. The van der Waals surface area contributed by atoms with Gasteiger partial charge in [0.25, 0.3) is 0 Å². The molecule has 7 heteroatoms.